The standard InChI is InChI=1S/C9H8BrNOS/c10-7-2-1-6-4-13-5-9(12)11-8(6)3-7/h1-3H,4-5H2,(H,11,12). The summed E-state index contributed by atoms with van der Waals surface area (Å²) < 4.78 is 0.999. The van der Waals surface area contributed by atoms with Crippen molar-refractivity contribution in [1.82, 2.24) is 0 Å². The van der Waals surface area contributed by atoms with Gasteiger partial charge in [0.05, 0.1) is 5.75 Å². The maximum atomic E-state index is 11.2. The Morgan fingerprint density at radius 3 is 3.08 bits per heavy atom. The van der Waals surface area contributed by atoms with Gasteiger partial charge in [-0.05, 0) is 17.7 Å². The monoisotopic (exact) mass is 257 g/mol. The minimum Gasteiger partial charge on any atom is -0.325 e. The van der Waals surface area contributed by atoms with E-state index < -0.39 is 0 Å². The predicted molar refractivity (Wildman–Crippen MR) is 58.9 cm³/mol. The van der Waals surface area contributed by atoms with Gasteiger partial charge in [-0.15, -0.1) is 11.8 Å². The molecule has 0 radical (unpaired) electrons. The summed E-state index contributed by atoms with van der Waals surface area (Å²) in [6.45, 7) is 0. The summed E-state index contributed by atoms with van der Waals surface area (Å²) in [5.74, 6) is 1.54. The highest BCUT2D eigenvalue weighted by atomic mass is 79.9. The molecule has 1 aromatic carbocycles. The van der Waals surface area contributed by atoms with Gasteiger partial charge in [-0.1, -0.05) is 22.0 Å². The van der Waals surface area contributed by atoms with Crippen molar-refractivity contribution in [2.24, 2.45) is 0 Å². The highest BCUT2D eigenvalue weighted by molar-refractivity contribution is 9.10. The molecule has 2 rings (SSSR count). The molecular weight excluding hydrogens is 250 g/mol. The van der Waals surface area contributed by atoms with Crippen LogP contribution in [-0.2, 0) is 10.5 Å². The largest absolute Gasteiger partial charge is 0.325 e. The van der Waals surface area contributed by atoms with Gasteiger partial charge in [0.25, 0.3) is 0 Å². The van der Waals surface area contributed by atoms with Crippen LogP contribution in [0, 0.1) is 0 Å². The Morgan fingerprint density at radius 2 is 2.23 bits per heavy atom. The maximum absolute atomic E-state index is 11.2. The van der Waals surface area contributed by atoms with E-state index >= 15 is 0 Å². The van der Waals surface area contributed by atoms with Gasteiger partial charge in [-0.2, -0.15) is 0 Å². The number of thioether (sulfide) groups is 1. The lowest BCUT2D eigenvalue weighted by atomic mass is 10.2. The van der Waals surface area contributed by atoms with Crippen molar-refractivity contribution in [3.05, 3.63) is 28.2 Å². The Balaban J connectivity index is 2.40. The quantitative estimate of drug-likeness (QED) is 0.775. The smallest absolute Gasteiger partial charge is 0.234 e. The van der Waals surface area contributed by atoms with Crippen LogP contribution in [0.1, 0.15) is 5.56 Å². The zero-order valence-electron chi connectivity index (χ0n) is 6.84. The molecule has 13 heavy (non-hydrogen) atoms. The molecule has 0 bridgehead atoms. The fraction of sp³-hybridized carbons (Fsp3) is 0.222. The van der Waals surface area contributed by atoms with E-state index in [0.717, 1.165) is 15.9 Å². The number of benzene rings is 1. The number of amides is 1. The molecule has 0 atom stereocenters. The lowest BCUT2D eigenvalue weighted by molar-refractivity contribution is -0.113. The summed E-state index contributed by atoms with van der Waals surface area (Å²) in [5.41, 5.74) is 2.13. The van der Waals surface area contributed by atoms with Crippen molar-refractivity contribution >= 4 is 39.3 Å². The molecule has 2 nitrogen and oxygen atoms in total. The minimum atomic E-state index is 0.0850. The number of carbonyl (C=O) groups excluding carboxylic acids is 1. The molecule has 0 aliphatic carbocycles. The molecule has 0 saturated carbocycles. The number of hydrogen-bond acceptors (Lipinski definition) is 2. The van der Waals surface area contributed by atoms with Gasteiger partial charge >= 0.3 is 0 Å². The Labute approximate surface area is 89.2 Å². The van der Waals surface area contributed by atoms with Gasteiger partial charge in [0.1, 0.15) is 0 Å². The number of rotatable bonds is 0. The van der Waals surface area contributed by atoms with Gasteiger partial charge in [0, 0.05) is 15.9 Å². The summed E-state index contributed by atoms with van der Waals surface area (Å²) in [4.78, 5) is 11.2. The number of carbonyl (C=O) groups is 1. The fourth-order valence-electron chi connectivity index (χ4n) is 1.23. The molecule has 4 heteroatoms. The second kappa shape index (κ2) is 3.72. The molecule has 1 amide bonds. The van der Waals surface area contributed by atoms with Crippen molar-refractivity contribution < 1.29 is 4.79 Å². The molecule has 1 N–H and O–H groups in total. The van der Waals surface area contributed by atoms with E-state index in [1.807, 2.05) is 18.2 Å². The van der Waals surface area contributed by atoms with Crippen LogP contribution >= 0.6 is 27.7 Å². The molecule has 0 saturated heterocycles. The first-order valence-electron chi connectivity index (χ1n) is 3.92. The Bertz CT molecular complexity index is 353. The molecule has 68 valence electrons. The number of nitrogens with one attached hydrogen (secondary N) is 1. The normalized spacial score (nSPS) is 15.9. The summed E-state index contributed by atoms with van der Waals surface area (Å²) in [7, 11) is 0. The van der Waals surface area contributed by atoms with E-state index in [4.69, 9.17) is 0 Å². The van der Waals surface area contributed by atoms with E-state index in [1.165, 1.54) is 5.56 Å². The maximum Gasteiger partial charge on any atom is 0.234 e. The molecule has 1 aliphatic rings. The van der Waals surface area contributed by atoms with Crippen LogP contribution in [0.4, 0.5) is 5.69 Å². The first-order valence-corrected chi connectivity index (χ1v) is 5.86. The zero-order valence-corrected chi connectivity index (χ0v) is 9.24. The minimum absolute atomic E-state index is 0.0850. The molecule has 1 aromatic rings. The summed E-state index contributed by atoms with van der Waals surface area (Å²) >= 11 is 5.02. The average Bonchev–Trinajstić information content (AvgIpc) is 2.25. The molecule has 0 aromatic heterocycles. The van der Waals surface area contributed by atoms with E-state index in [1.54, 1.807) is 11.8 Å². The van der Waals surface area contributed by atoms with Crippen LogP contribution in [0.5, 0.6) is 0 Å². The summed E-state index contributed by atoms with van der Waals surface area (Å²) in [5, 5.41) is 2.87. The van der Waals surface area contributed by atoms with Crippen molar-refractivity contribution in [3.8, 4) is 0 Å². The van der Waals surface area contributed by atoms with E-state index in [-0.39, 0.29) is 5.91 Å². The SMILES string of the molecule is O=C1CSCc2ccc(Br)cc2N1. The predicted octanol–water partition coefficient (Wildman–Crippen LogP) is 2.63. The second-order valence-electron chi connectivity index (χ2n) is 2.84. The number of halogens is 1. The molecule has 0 unspecified atom stereocenters. The molecule has 1 heterocycles. The van der Waals surface area contributed by atoms with Crippen LogP contribution in [0.25, 0.3) is 0 Å². The number of anilines is 1. The lowest BCUT2D eigenvalue weighted by Gasteiger charge is -2.05. The highest BCUT2D eigenvalue weighted by Crippen LogP contribution is 2.27. The topological polar surface area (TPSA) is 29.1 Å². The molecule has 1 aliphatic heterocycles. The first kappa shape index (κ1) is 9.09. The average molecular weight is 258 g/mol. The van der Waals surface area contributed by atoms with Gasteiger partial charge in [0.2, 0.25) is 5.91 Å². The van der Waals surface area contributed by atoms with E-state index in [9.17, 15) is 4.79 Å². The Morgan fingerprint density at radius 1 is 1.38 bits per heavy atom. The molecular formula is C9H8BrNOS. The van der Waals surface area contributed by atoms with Gasteiger partial charge in [-0.25, -0.2) is 0 Å². The second-order valence-corrected chi connectivity index (χ2v) is 4.74. The summed E-state index contributed by atoms with van der Waals surface area (Å²) in [6.07, 6.45) is 0. The van der Waals surface area contributed by atoms with E-state index in [2.05, 4.69) is 21.2 Å². The van der Waals surface area contributed by atoms with Gasteiger partial charge in [0.15, 0.2) is 0 Å². The first-order chi connectivity index (χ1) is 6.25. The third kappa shape index (κ3) is 2.06. The zero-order chi connectivity index (χ0) is 9.26. The van der Waals surface area contributed by atoms with Gasteiger partial charge in [-0.3, -0.25) is 4.79 Å². The van der Waals surface area contributed by atoms with Crippen LogP contribution in [-0.4, -0.2) is 11.7 Å². The Kier molecular flexibility index (Phi) is 2.60. The van der Waals surface area contributed by atoms with E-state index in [0.29, 0.717) is 5.75 Å². The van der Waals surface area contributed by atoms with Crippen molar-refractivity contribution in [3.63, 3.8) is 0 Å². The van der Waals surface area contributed by atoms with Crippen molar-refractivity contribution in [2.75, 3.05) is 11.1 Å². The van der Waals surface area contributed by atoms with Crippen molar-refractivity contribution in [2.45, 2.75) is 5.75 Å². The fourth-order valence-corrected chi connectivity index (χ4v) is 2.42. The number of fused-ring (bicyclic) bond motifs is 1. The number of hydrogen-bond donors (Lipinski definition) is 1. The van der Waals surface area contributed by atoms with Crippen LogP contribution in [0.2, 0.25) is 0 Å². The summed E-state index contributed by atoms with van der Waals surface area (Å²) in [6, 6.07) is 5.98. The van der Waals surface area contributed by atoms with Crippen molar-refractivity contribution in [1.29, 1.82) is 0 Å². The lowest BCUT2D eigenvalue weighted by Crippen LogP contribution is -2.12. The third-order valence-corrected chi connectivity index (χ3v) is 3.31. The third-order valence-electron chi connectivity index (χ3n) is 1.84. The van der Waals surface area contributed by atoms with Crippen LogP contribution in [0.3, 0.4) is 0 Å². The Hall–Kier alpha value is -0.480. The highest BCUT2D eigenvalue weighted by Gasteiger charge is 2.12. The van der Waals surface area contributed by atoms with Crippen LogP contribution < -0.4 is 5.32 Å². The van der Waals surface area contributed by atoms with Crippen LogP contribution in [0.15, 0.2) is 22.7 Å². The molecule has 0 spiro atoms. The van der Waals surface area contributed by atoms with Gasteiger partial charge < -0.3 is 5.32 Å². The molecule has 0 fully saturated rings.